The van der Waals surface area contributed by atoms with Crippen LogP contribution in [-0.2, 0) is 11.3 Å². The number of hydrogen-bond donors (Lipinski definition) is 1. The fraction of sp³-hybridized carbons (Fsp3) is 0.211. The highest BCUT2D eigenvalue weighted by Crippen LogP contribution is 2.38. The summed E-state index contributed by atoms with van der Waals surface area (Å²) < 4.78 is 11.0. The molecule has 0 bridgehead atoms. The molecule has 0 saturated carbocycles. The van der Waals surface area contributed by atoms with Gasteiger partial charge in [-0.25, -0.2) is 9.78 Å². The highest BCUT2D eigenvalue weighted by molar-refractivity contribution is 7.09. The number of fused-ring (bicyclic) bond motifs is 1. The lowest BCUT2D eigenvalue weighted by atomic mass is 10.1. The second-order valence-electron chi connectivity index (χ2n) is 6.19. The first-order valence-electron chi connectivity index (χ1n) is 8.29. The summed E-state index contributed by atoms with van der Waals surface area (Å²) in [5, 5.41) is 11.9. The zero-order chi connectivity index (χ0) is 19.1. The van der Waals surface area contributed by atoms with Crippen LogP contribution in [0.1, 0.15) is 28.2 Å². The standard InChI is InChI=1S/C19H16N2O5S/c1-10-18(22)21(8-13-4-6-17(26-13)19(23)24)15-7-12(3-5-16(15)25-10)14-9-27-11(2)20-14/h3-7,9-10H,8H2,1-2H3,(H,23,24). The number of carboxylic acids is 1. The van der Waals surface area contributed by atoms with Gasteiger partial charge in [-0.1, -0.05) is 0 Å². The van der Waals surface area contributed by atoms with E-state index in [4.69, 9.17) is 14.3 Å². The molecule has 1 aliphatic rings. The molecule has 138 valence electrons. The second-order valence-corrected chi connectivity index (χ2v) is 7.25. The third-order valence-electron chi connectivity index (χ3n) is 4.27. The number of carboxylic acid groups (broad SMARTS) is 1. The molecule has 1 atom stereocenters. The fourth-order valence-electron chi connectivity index (χ4n) is 2.96. The maximum Gasteiger partial charge on any atom is 0.371 e. The van der Waals surface area contributed by atoms with Crippen LogP contribution in [0.5, 0.6) is 5.75 Å². The smallest absolute Gasteiger partial charge is 0.371 e. The van der Waals surface area contributed by atoms with E-state index in [9.17, 15) is 9.59 Å². The number of nitrogens with zero attached hydrogens (tertiary/aromatic N) is 2. The Morgan fingerprint density at radius 3 is 2.81 bits per heavy atom. The zero-order valence-electron chi connectivity index (χ0n) is 14.6. The molecule has 1 unspecified atom stereocenters. The normalized spacial score (nSPS) is 16.1. The molecule has 3 aromatic rings. The van der Waals surface area contributed by atoms with Crippen molar-refractivity contribution in [2.75, 3.05) is 4.90 Å². The number of thiazole rings is 1. The van der Waals surface area contributed by atoms with E-state index in [2.05, 4.69) is 4.98 Å². The van der Waals surface area contributed by atoms with Crippen molar-refractivity contribution in [1.82, 2.24) is 4.98 Å². The second kappa shape index (κ2) is 6.55. The minimum Gasteiger partial charge on any atom is -0.479 e. The quantitative estimate of drug-likeness (QED) is 0.737. The van der Waals surface area contributed by atoms with Gasteiger partial charge in [-0.2, -0.15) is 0 Å². The number of furan rings is 1. The van der Waals surface area contributed by atoms with Crippen molar-refractivity contribution in [3.8, 4) is 17.0 Å². The van der Waals surface area contributed by atoms with Gasteiger partial charge in [0.15, 0.2) is 6.10 Å². The van der Waals surface area contributed by atoms with Crippen molar-refractivity contribution in [2.24, 2.45) is 0 Å². The predicted molar refractivity (Wildman–Crippen MR) is 99.2 cm³/mol. The Kier molecular flexibility index (Phi) is 4.19. The Balaban J connectivity index is 1.72. The molecule has 3 heterocycles. The molecule has 2 aromatic heterocycles. The van der Waals surface area contributed by atoms with Crippen LogP contribution in [0.4, 0.5) is 5.69 Å². The first-order valence-corrected chi connectivity index (χ1v) is 9.17. The third kappa shape index (κ3) is 3.19. The van der Waals surface area contributed by atoms with Crippen LogP contribution in [0.25, 0.3) is 11.3 Å². The van der Waals surface area contributed by atoms with Gasteiger partial charge in [0, 0.05) is 10.9 Å². The molecule has 1 amide bonds. The van der Waals surface area contributed by atoms with E-state index in [1.54, 1.807) is 29.2 Å². The van der Waals surface area contributed by atoms with Crippen molar-refractivity contribution in [3.05, 3.63) is 52.2 Å². The Hall–Kier alpha value is -3.13. The summed E-state index contributed by atoms with van der Waals surface area (Å²) in [6.07, 6.45) is -0.640. The van der Waals surface area contributed by atoms with E-state index < -0.39 is 12.1 Å². The van der Waals surface area contributed by atoms with E-state index in [-0.39, 0.29) is 18.2 Å². The topological polar surface area (TPSA) is 92.9 Å². The van der Waals surface area contributed by atoms with Gasteiger partial charge in [0.2, 0.25) is 5.76 Å². The molecule has 4 rings (SSSR count). The van der Waals surface area contributed by atoms with Crippen LogP contribution < -0.4 is 9.64 Å². The van der Waals surface area contributed by atoms with E-state index in [0.29, 0.717) is 17.2 Å². The van der Waals surface area contributed by atoms with Crippen LogP contribution in [-0.4, -0.2) is 28.1 Å². The number of amides is 1. The Labute approximate surface area is 158 Å². The number of aromatic carboxylic acids is 1. The fourth-order valence-corrected chi connectivity index (χ4v) is 3.58. The lowest BCUT2D eigenvalue weighted by Gasteiger charge is -2.32. The van der Waals surface area contributed by atoms with E-state index in [1.807, 2.05) is 30.5 Å². The number of anilines is 1. The average molecular weight is 384 g/mol. The van der Waals surface area contributed by atoms with E-state index in [1.165, 1.54) is 6.07 Å². The highest BCUT2D eigenvalue weighted by atomic mass is 32.1. The molecule has 1 aliphatic heterocycles. The summed E-state index contributed by atoms with van der Waals surface area (Å²) in [6, 6.07) is 8.52. The molecule has 0 aliphatic carbocycles. The molecule has 27 heavy (non-hydrogen) atoms. The van der Waals surface area contributed by atoms with Gasteiger partial charge >= 0.3 is 5.97 Å². The van der Waals surface area contributed by atoms with Crippen molar-refractivity contribution >= 4 is 28.9 Å². The Morgan fingerprint density at radius 2 is 2.15 bits per heavy atom. The number of ether oxygens (including phenoxy) is 1. The van der Waals surface area contributed by atoms with Crippen molar-refractivity contribution in [2.45, 2.75) is 26.5 Å². The molecule has 0 spiro atoms. The molecular formula is C19H16N2O5S. The van der Waals surface area contributed by atoms with Gasteiger partial charge in [-0.05, 0) is 44.2 Å². The lowest BCUT2D eigenvalue weighted by molar-refractivity contribution is -0.125. The van der Waals surface area contributed by atoms with Crippen LogP contribution in [0.3, 0.4) is 0 Å². The molecule has 1 N–H and O–H groups in total. The summed E-state index contributed by atoms with van der Waals surface area (Å²) >= 11 is 1.55. The van der Waals surface area contributed by atoms with Crippen LogP contribution >= 0.6 is 11.3 Å². The van der Waals surface area contributed by atoms with Crippen LogP contribution in [0.15, 0.2) is 40.1 Å². The van der Waals surface area contributed by atoms with E-state index in [0.717, 1.165) is 16.3 Å². The summed E-state index contributed by atoms with van der Waals surface area (Å²) in [5.41, 5.74) is 2.31. The van der Waals surface area contributed by atoms with Gasteiger partial charge in [-0.15, -0.1) is 11.3 Å². The molecule has 0 saturated heterocycles. The van der Waals surface area contributed by atoms with Gasteiger partial charge in [0.05, 0.1) is 22.9 Å². The average Bonchev–Trinajstić information content (AvgIpc) is 3.28. The molecular weight excluding hydrogens is 368 g/mol. The minimum atomic E-state index is -1.15. The van der Waals surface area contributed by atoms with Crippen LogP contribution in [0, 0.1) is 6.92 Å². The first kappa shape index (κ1) is 17.3. The molecule has 0 radical (unpaired) electrons. The number of aromatic nitrogens is 1. The summed E-state index contributed by atoms with van der Waals surface area (Å²) in [6.45, 7) is 3.73. The maximum atomic E-state index is 12.7. The summed E-state index contributed by atoms with van der Waals surface area (Å²) in [5.74, 6) is -0.559. The van der Waals surface area contributed by atoms with Crippen molar-refractivity contribution in [1.29, 1.82) is 0 Å². The van der Waals surface area contributed by atoms with Gasteiger partial charge in [0.1, 0.15) is 11.5 Å². The van der Waals surface area contributed by atoms with Gasteiger partial charge in [0.25, 0.3) is 5.91 Å². The minimum absolute atomic E-state index is 0.117. The molecule has 1 aromatic carbocycles. The molecule has 8 heteroatoms. The Morgan fingerprint density at radius 1 is 1.33 bits per heavy atom. The molecule has 0 fully saturated rings. The largest absolute Gasteiger partial charge is 0.479 e. The predicted octanol–water partition coefficient (Wildman–Crippen LogP) is 3.72. The van der Waals surface area contributed by atoms with E-state index >= 15 is 0 Å². The van der Waals surface area contributed by atoms with Gasteiger partial charge in [-0.3, -0.25) is 9.69 Å². The number of benzene rings is 1. The SMILES string of the molecule is Cc1nc(-c2ccc3c(c2)N(Cc2ccc(C(=O)O)o2)C(=O)C(C)O3)cs1. The number of carbonyl (C=O) groups is 2. The Bertz CT molecular complexity index is 1040. The van der Waals surface area contributed by atoms with Crippen molar-refractivity contribution in [3.63, 3.8) is 0 Å². The number of aryl methyl sites for hydroxylation is 1. The first-order chi connectivity index (χ1) is 12.9. The monoisotopic (exact) mass is 384 g/mol. The maximum absolute atomic E-state index is 12.7. The number of hydrogen-bond acceptors (Lipinski definition) is 6. The highest BCUT2D eigenvalue weighted by Gasteiger charge is 2.32. The lowest BCUT2D eigenvalue weighted by Crippen LogP contribution is -2.43. The van der Waals surface area contributed by atoms with Crippen molar-refractivity contribution < 1.29 is 23.8 Å². The van der Waals surface area contributed by atoms with Crippen LogP contribution in [0.2, 0.25) is 0 Å². The number of carbonyl (C=O) groups excluding carboxylic acids is 1. The van der Waals surface area contributed by atoms with Gasteiger partial charge < -0.3 is 14.3 Å². The summed E-state index contributed by atoms with van der Waals surface area (Å²) in [7, 11) is 0. The third-order valence-corrected chi connectivity index (χ3v) is 5.04. The zero-order valence-corrected chi connectivity index (χ0v) is 15.4. The number of rotatable bonds is 4. The molecule has 7 nitrogen and oxygen atoms in total. The summed E-state index contributed by atoms with van der Waals surface area (Å²) in [4.78, 5) is 29.8.